The van der Waals surface area contributed by atoms with Crippen molar-refractivity contribution in [2.75, 3.05) is 26.2 Å². The van der Waals surface area contributed by atoms with Crippen LogP contribution < -0.4 is 15.4 Å². The number of nitrogens with one attached hydrogen (secondary N) is 2. The predicted octanol–water partition coefficient (Wildman–Crippen LogP) is 1.71. The zero-order valence-electron chi connectivity index (χ0n) is 11.5. The monoisotopic (exact) mass is 280 g/mol. The third-order valence-electron chi connectivity index (χ3n) is 3.46. The van der Waals surface area contributed by atoms with Gasteiger partial charge in [0.1, 0.15) is 6.61 Å². The van der Waals surface area contributed by atoms with Gasteiger partial charge < -0.3 is 15.4 Å². The lowest BCUT2D eigenvalue weighted by Crippen LogP contribution is -2.28. The summed E-state index contributed by atoms with van der Waals surface area (Å²) in [6.45, 7) is 2.75. The minimum atomic E-state index is -0.382. The lowest BCUT2D eigenvalue weighted by atomic mass is 10.0. The maximum atomic E-state index is 13.3. The number of hydrogen-bond acceptors (Lipinski definition) is 3. The van der Waals surface area contributed by atoms with E-state index in [0.717, 1.165) is 25.9 Å². The van der Waals surface area contributed by atoms with Crippen LogP contribution in [0.25, 0.3) is 0 Å². The highest BCUT2D eigenvalue weighted by Gasteiger charge is 2.15. The molecule has 0 spiro atoms. The summed E-state index contributed by atoms with van der Waals surface area (Å²) in [4.78, 5) is 11.6. The minimum Gasteiger partial charge on any atom is -0.489 e. The zero-order valence-corrected chi connectivity index (χ0v) is 11.5. The van der Waals surface area contributed by atoms with Crippen molar-refractivity contribution in [2.24, 2.45) is 5.92 Å². The second-order valence-electron chi connectivity index (χ2n) is 5.03. The number of hydrogen-bond donors (Lipinski definition) is 2. The summed E-state index contributed by atoms with van der Waals surface area (Å²) < 4.78 is 18.5. The van der Waals surface area contributed by atoms with Gasteiger partial charge in [-0.3, -0.25) is 4.79 Å². The van der Waals surface area contributed by atoms with Gasteiger partial charge in [-0.1, -0.05) is 12.1 Å². The molecular weight excluding hydrogens is 259 g/mol. The summed E-state index contributed by atoms with van der Waals surface area (Å²) in [6, 6.07) is 6.25. The fraction of sp³-hybridized carbons (Fsp3) is 0.533. The highest BCUT2D eigenvalue weighted by molar-refractivity contribution is 5.75. The van der Waals surface area contributed by atoms with Gasteiger partial charge >= 0.3 is 0 Å². The van der Waals surface area contributed by atoms with E-state index in [1.54, 1.807) is 18.2 Å². The van der Waals surface area contributed by atoms with Crippen molar-refractivity contribution in [2.45, 2.75) is 19.3 Å². The lowest BCUT2D eigenvalue weighted by Gasteiger charge is -2.10. The molecule has 1 unspecified atom stereocenters. The number of benzene rings is 1. The molecule has 0 saturated carbocycles. The molecule has 0 bridgehead atoms. The van der Waals surface area contributed by atoms with Crippen LogP contribution >= 0.6 is 0 Å². The summed E-state index contributed by atoms with van der Waals surface area (Å²) in [6.07, 6.45) is 2.63. The average molecular weight is 280 g/mol. The molecule has 20 heavy (non-hydrogen) atoms. The quantitative estimate of drug-likeness (QED) is 0.748. The third kappa shape index (κ3) is 4.81. The number of rotatable bonds is 7. The highest BCUT2D eigenvalue weighted by atomic mass is 19.1. The van der Waals surface area contributed by atoms with Crippen LogP contribution in [0.2, 0.25) is 0 Å². The summed E-state index contributed by atoms with van der Waals surface area (Å²) in [7, 11) is 0. The van der Waals surface area contributed by atoms with E-state index in [2.05, 4.69) is 10.6 Å². The molecule has 1 aromatic rings. The Morgan fingerprint density at radius 2 is 2.30 bits per heavy atom. The van der Waals surface area contributed by atoms with Gasteiger partial charge in [0.15, 0.2) is 11.6 Å². The van der Waals surface area contributed by atoms with E-state index in [4.69, 9.17) is 4.74 Å². The van der Waals surface area contributed by atoms with E-state index in [-0.39, 0.29) is 24.1 Å². The van der Waals surface area contributed by atoms with Crippen LogP contribution in [0, 0.1) is 11.7 Å². The SMILES string of the molecule is O=C(CCC1CCNC1)NCCOc1ccccc1F. The molecule has 110 valence electrons. The van der Waals surface area contributed by atoms with Crippen LogP contribution in [0.4, 0.5) is 4.39 Å². The number of halogens is 1. The molecule has 4 nitrogen and oxygen atoms in total. The van der Waals surface area contributed by atoms with E-state index >= 15 is 0 Å². The van der Waals surface area contributed by atoms with Gasteiger partial charge in [0.2, 0.25) is 5.91 Å². The van der Waals surface area contributed by atoms with E-state index in [1.165, 1.54) is 6.07 Å². The largest absolute Gasteiger partial charge is 0.489 e. The fourth-order valence-corrected chi connectivity index (χ4v) is 2.30. The van der Waals surface area contributed by atoms with Crippen molar-refractivity contribution in [3.63, 3.8) is 0 Å². The number of carbonyl (C=O) groups excluding carboxylic acids is 1. The van der Waals surface area contributed by atoms with E-state index in [1.807, 2.05) is 0 Å². The Balaban J connectivity index is 1.56. The molecule has 0 aromatic heterocycles. The Hall–Kier alpha value is -1.62. The normalized spacial score (nSPS) is 17.9. The minimum absolute atomic E-state index is 0.0361. The first-order valence-electron chi connectivity index (χ1n) is 7.10. The molecule has 1 heterocycles. The Morgan fingerprint density at radius 3 is 3.05 bits per heavy atom. The van der Waals surface area contributed by atoms with Crippen molar-refractivity contribution < 1.29 is 13.9 Å². The van der Waals surface area contributed by atoms with Gasteiger partial charge in [0.25, 0.3) is 0 Å². The molecule has 1 aliphatic rings. The lowest BCUT2D eigenvalue weighted by molar-refractivity contribution is -0.121. The maximum Gasteiger partial charge on any atom is 0.220 e. The number of ether oxygens (including phenoxy) is 1. The van der Waals surface area contributed by atoms with Gasteiger partial charge in [-0.15, -0.1) is 0 Å². The molecule has 0 aliphatic carbocycles. The Morgan fingerprint density at radius 1 is 1.45 bits per heavy atom. The third-order valence-corrected chi connectivity index (χ3v) is 3.46. The number of para-hydroxylation sites is 1. The standard InChI is InChI=1S/C15H21FN2O2/c16-13-3-1-2-4-14(13)20-10-9-18-15(19)6-5-12-7-8-17-11-12/h1-4,12,17H,5-11H2,(H,18,19). The fourth-order valence-electron chi connectivity index (χ4n) is 2.30. The second kappa shape index (κ2) is 7.85. The Bertz CT molecular complexity index is 434. The average Bonchev–Trinajstić information content (AvgIpc) is 2.96. The van der Waals surface area contributed by atoms with Gasteiger partial charge in [-0.25, -0.2) is 4.39 Å². The highest BCUT2D eigenvalue weighted by Crippen LogP contribution is 2.15. The van der Waals surface area contributed by atoms with E-state index in [9.17, 15) is 9.18 Å². The summed E-state index contributed by atoms with van der Waals surface area (Å²) in [5, 5.41) is 6.07. The van der Waals surface area contributed by atoms with Gasteiger partial charge in [-0.2, -0.15) is 0 Å². The zero-order chi connectivity index (χ0) is 14.2. The van der Waals surface area contributed by atoms with Crippen LogP contribution in [0.5, 0.6) is 5.75 Å². The molecular formula is C15H21FN2O2. The van der Waals surface area contributed by atoms with Crippen LogP contribution in [0.1, 0.15) is 19.3 Å². The molecule has 1 aliphatic heterocycles. The molecule has 1 saturated heterocycles. The van der Waals surface area contributed by atoms with Crippen molar-refractivity contribution in [3.05, 3.63) is 30.1 Å². The maximum absolute atomic E-state index is 13.3. The van der Waals surface area contributed by atoms with Crippen molar-refractivity contribution in [3.8, 4) is 5.75 Å². The first-order chi connectivity index (χ1) is 9.75. The molecule has 5 heteroatoms. The molecule has 1 amide bonds. The van der Waals surface area contributed by atoms with Gasteiger partial charge in [0, 0.05) is 6.42 Å². The van der Waals surface area contributed by atoms with E-state index < -0.39 is 0 Å². The first-order valence-corrected chi connectivity index (χ1v) is 7.10. The van der Waals surface area contributed by atoms with E-state index in [0.29, 0.717) is 18.9 Å². The molecule has 1 aromatic carbocycles. The number of carbonyl (C=O) groups is 1. The summed E-state index contributed by atoms with van der Waals surface area (Å²) in [5.41, 5.74) is 0. The molecule has 1 atom stereocenters. The molecule has 0 radical (unpaired) electrons. The first kappa shape index (κ1) is 14.8. The van der Waals surface area contributed by atoms with Crippen molar-refractivity contribution >= 4 is 5.91 Å². The van der Waals surface area contributed by atoms with Gasteiger partial charge in [0.05, 0.1) is 6.54 Å². The van der Waals surface area contributed by atoms with Crippen LogP contribution in [-0.4, -0.2) is 32.1 Å². The van der Waals surface area contributed by atoms with Crippen LogP contribution in [-0.2, 0) is 4.79 Å². The van der Waals surface area contributed by atoms with Gasteiger partial charge in [-0.05, 0) is 44.0 Å². The van der Waals surface area contributed by atoms with Crippen LogP contribution in [0.3, 0.4) is 0 Å². The Labute approximate surface area is 118 Å². The van der Waals surface area contributed by atoms with Crippen molar-refractivity contribution in [1.82, 2.24) is 10.6 Å². The molecule has 1 fully saturated rings. The smallest absolute Gasteiger partial charge is 0.220 e. The van der Waals surface area contributed by atoms with Crippen molar-refractivity contribution in [1.29, 1.82) is 0 Å². The topological polar surface area (TPSA) is 50.4 Å². The summed E-state index contributed by atoms with van der Waals surface area (Å²) in [5.74, 6) is 0.496. The Kier molecular flexibility index (Phi) is 5.80. The molecule has 2 N–H and O–H groups in total. The second-order valence-corrected chi connectivity index (χ2v) is 5.03. The predicted molar refractivity (Wildman–Crippen MR) is 75.1 cm³/mol. The number of amides is 1. The van der Waals surface area contributed by atoms with Crippen LogP contribution in [0.15, 0.2) is 24.3 Å². The molecule has 2 rings (SSSR count). The summed E-state index contributed by atoms with van der Waals surface area (Å²) >= 11 is 0.